The van der Waals surface area contributed by atoms with Crippen LogP contribution in [0.3, 0.4) is 0 Å². The highest BCUT2D eigenvalue weighted by molar-refractivity contribution is 8.00. The van der Waals surface area contributed by atoms with Gasteiger partial charge in [-0.25, -0.2) is 0 Å². The van der Waals surface area contributed by atoms with Gasteiger partial charge >= 0.3 is 0 Å². The van der Waals surface area contributed by atoms with Crippen molar-refractivity contribution in [3.63, 3.8) is 0 Å². The fourth-order valence-corrected chi connectivity index (χ4v) is 7.78. The molecular formula is C39H26N2S. The van der Waals surface area contributed by atoms with Crippen molar-refractivity contribution >= 4 is 60.8 Å². The van der Waals surface area contributed by atoms with E-state index in [-0.39, 0.29) is 5.37 Å². The van der Waals surface area contributed by atoms with E-state index in [4.69, 9.17) is 0 Å². The molecule has 8 aromatic rings. The Morgan fingerprint density at radius 2 is 1.21 bits per heavy atom. The number of hydrogen-bond donors (Lipinski definition) is 1. The Morgan fingerprint density at radius 3 is 2.10 bits per heavy atom. The molecule has 9 rings (SSSR count). The number of nitrogens with one attached hydrogen (secondary N) is 1. The minimum Gasteiger partial charge on any atom is -0.368 e. The molecule has 0 aliphatic carbocycles. The molecule has 0 fully saturated rings. The third kappa shape index (κ3) is 3.60. The van der Waals surface area contributed by atoms with Crippen LogP contribution in [0.15, 0.2) is 150 Å². The van der Waals surface area contributed by atoms with Gasteiger partial charge in [0.15, 0.2) is 0 Å². The summed E-state index contributed by atoms with van der Waals surface area (Å²) < 4.78 is 2.37. The number of thioether (sulfide) groups is 1. The van der Waals surface area contributed by atoms with E-state index in [0.717, 1.165) is 0 Å². The second-order valence-corrected chi connectivity index (χ2v) is 12.2. The molecular weight excluding hydrogens is 529 g/mol. The monoisotopic (exact) mass is 554 g/mol. The molecule has 0 radical (unpaired) electrons. The number of fused-ring (bicyclic) bond motifs is 8. The molecule has 42 heavy (non-hydrogen) atoms. The molecule has 1 aliphatic heterocycles. The molecule has 3 heteroatoms. The van der Waals surface area contributed by atoms with E-state index < -0.39 is 0 Å². The first-order valence-corrected chi connectivity index (χ1v) is 15.3. The molecule has 0 saturated heterocycles. The summed E-state index contributed by atoms with van der Waals surface area (Å²) in [5, 5.41) is 11.7. The predicted octanol–water partition coefficient (Wildman–Crippen LogP) is 11.0. The van der Waals surface area contributed by atoms with Crippen LogP contribution in [0.1, 0.15) is 10.9 Å². The zero-order chi connectivity index (χ0) is 27.6. The Bertz CT molecular complexity index is 2300. The summed E-state index contributed by atoms with van der Waals surface area (Å²) in [5.74, 6) is 0. The highest BCUT2D eigenvalue weighted by Gasteiger charge is 2.25. The van der Waals surface area contributed by atoms with Crippen LogP contribution in [0, 0.1) is 0 Å². The highest BCUT2D eigenvalue weighted by Crippen LogP contribution is 2.50. The van der Waals surface area contributed by atoms with Crippen molar-refractivity contribution in [1.29, 1.82) is 0 Å². The van der Waals surface area contributed by atoms with Crippen molar-refractivity contribution < 1.29 is 0 Å². The number of hydrogen-bond acceptors (Lipinski definition) is 2. The van der Waals surface area contributed by atoms with Crippen molar-refractivity contribution in [2.45, 2.75) is 10.3 Å². The molecule has 198 valence electrons. The van der Waals surface area contributed by atoms with E-state index in [1.807, 2.05) is 11.8 Å². The van der Waals surface area contributed by atoms with Crippen LogP contribution >= 0.6 is 11.8 Å². The Balaban J connectivity index is 1.18. The van der Waals surface area contributed by atoms with Gasteiger partial charge in [0.05, 0.1) is 16.7 Å². The summed E-state index contributed by atoms with van der Waals surface area (Å²) in [5.41, 5.74) is 8.66. The fraction of sp³-hybridized carbons (Fsp3) is 0.0256. The zero-order valence-electron chi connectivity index (χ0n) is 22.8. The Labute approximate surface area is 248 Å². The number of benzene rings is 7. The van der Waals surface area contributed by atoms with Gasteiger partial charge in [-0.2, -0.15) is 0 Å². The van der Waals surface area contributed by atoms with Crippen molar-refractivity contribution in [3.05, 3.63) is 151 Å². The number of nitrogens with zero attached hydrogens (tertiary/aromatic N) is 1. The maximum Gasteiger partial charge on any atom is 0.103 e. The second-order valence-electron chi connectivity index (χ2n) is 11.0. The number of aromatic nitrogens is 1. The number of para-hydroxylation sites is 2. The van der Waals surface area contributed by atoms with Crippen LogP contribution in [0.4, 0.5) is 5.69 Å². The van der Waals surface area contributed by atoms with E-state index in [2.05, 4.69) is 155 Å². The minimum atomic E-state index is 0.228. The lowest BCUT2D eigenvalue weighted by Gasteiger charge is -2.13. The maximum atomic E-state index is 3.85. The average molecular weight is 555 g/mol. The van der Waals surface area contributed by atoms with Crippen LogP contribution in [0.5, 0.6) is 0 Å². The molecule has 1 unspecified atom stereocenters. The van der Waals surface area contributed by atoms with Gasteiger partial charge in [0, 0.05) is 26.7 Å². The summed E-state index contributed by atoms with van der Waals surface area (Å²) >= 11 is 1.90. The lowest BCUT2D eigenvalue weighted by Crippen LogP contribution is -2.01. The molecule has 7 aromatic carbocycles. The molecule has 0 amide bonds. The van der Waals surface area contributed by atoms with Crippen molar-refractivity contribution in [3.8, 4) is 16.8 Å². The van der Waals surface area contributed by atoms with Crippen molar-refractivity contribution in [2.75, 3.05) is 5.32 Å². The molecule has 2 nitrogen and oxygen atoms in total. The molecule has 0 spiro atoms. The SMILES string of the molecule is c1ccc(C2Nc3c(ccc4ccc5cc(-c6ccc7c(c6)c6ccccc6n7-c6ccccc6)ccc5c34)S2)cc1. The number of anilines is 1. The van der Waals surface area contributed by atoms with E-state index in [1.54, 1.807) is 0 Å². The van der Waals surface area contributed by atoms with E-state index in [1.165, 1.54) is 76.3 Å². The largest absolute Gasteiger partial charge is 0.368 e. The highest BCUT2D eigenvalue weighted by atomic mass is 32.2. The smallest absolute Gasteiger partial charge is 0.103 e. The van der Waals surface area contributed by atoms with Gasteiger partial charge in [0.2, 0.25) is 0 Å². The lowest BCUT2D eigenvalue weighted by molar-refractivity contribution is 1.14. The summed E-state index contributed by atoms with van der Waals surface area (Å²) in [6, 6.07) is 53.0. The molecule has 1 N–H and O–H groups in total. The van der Waals surface area contributed by atoms with Gasteiger partial charge < -0.3 is 9.88 Å². The third-order valence-corrected chi connectivity index (χ3v) is 9.83. The van der Waals surface area contributed by atoms with Gasteiger partial charge in [-0.15, -0.1) is 0 Å². The second kappa shape index (κ2) is 9.27. The Hall–Kier alpha value is -4.99. The standard InChI is InChI=1S/C39H26N2S/c1-3-9-26(10-4-1)39-40-38-36(42-39)22-19-25-15-16-29-23-27(17-20-31(29)37(25)38)28-18-21-35-33(24-28)32-13-7-8-14-34(32)41(35)30-11-5-2-6-12-30/h1-24,39-40H. The summed E-state index contributed by atoms with van der Waals surface area (Å²) in [4.78, 5) is 1.31. The minimum absolute atomic E-state index is 0.228. The molecule has 1 aliphatic rings. The molecule has 1 atom stereocenters. The third-order valence-electron chi connectivity index (χ3n) is 8.61. The quantitative estimate of drug-likeness (QED) is 0.219. The van der Waals surface area contributed by atoms with Crippen LogP contribution in [0.25, 0.3) is 60.2 Å². The van der Waals surface area contributed by atoms with E-state index in [0.29, 0.717) is 0 Å². The average Bonchev–Trinajstić information content (AvgIpc) is 3.64. The fourth-order valence-electron chi connectivity index (χ4n) is 6.63. The van der Waals surface area contributed by atoms with Crippen LogP contribution in [-0.2, 0) is 0 Å². The van der Waals surface area contributed by atoms with E-state index >= 15 is 0 Å². The predicted molar refractivity (Wildman–Crippen MR) is 180 cm³/mol. The van der Waals surface area contributed by atoms with Crippen LogP contribution in [0.2, 0.25) is 0 Å². The molecule has 2 heterocycles. The van der Waals surface area contributed by atoms with Gasteiger partial charge in [0.1, 0.15) is 5.37 Å². The van der Waals surface area contributed by atoms with Gasteiger partial charge in [-0.05, 0) is 75.3 Å². The van der Waals surface area contributed by atoms with Gasteiger partial charge in [-0.3, -0.25) is 0 Å². The van der Waals surface area contributed by atoms with Gasteiger partial charge in [-0.1, -0.05) is 115 Å². The van der Waals surface area contributed by atoms with E-state index in [9.17, 15) is 0 Å². The van der Waals surface area contributed by atoms with Gasteiger partial charge in [0.25, 0.3) is 0 Å². The van der Waals surface area contributed by atoms with Crippen LogP contribution in [-0.4, -0.2) is 4.57 Å². The zero-order valence-corrected chi connectivity index (χ0v) is 23.6. The Kier molecular flexibility index (Phi) is 5.23. The number of rotatable bonds is 3. The molecule has 0 bridgehead atoms. The normalized spacial score (nSPS) is 14.5. The first-order chi connectivity index (χ1) is 20.8. The maximum absolute atomic E-state index is 3.85. The molecule has 0 saturated carbocycles. The van der Waals surface area contributed by atoms with Crippen molar-refractivity contribution in [1.82, 2.24) is 4.57 Å². The first kappa shape index (κ1) is 23.7. The summed E-state index contributed by atoms with van der Waals surface area (Å²) in [7, 11) is 0. The summed E-state index contributed by atoms with van der Waals surface area (Å²) in [6.45, 7) is 0. The van der Waals surface area contributed by atoms with Crippen molar-refractivity contribution in [2.24, 2.45) is 0 Å². The Morgan fingerprint density at radius 1 is 0.524 bits per heavy atom. The van der Waals surface area contributed by atoms with Crippen LogP contribution < -0.4 is 5.32 Å². The molecule has 1 aromatic heterocycles. The lowest BCUT2D eigenvalue weighted by atomic mass is 9.96. The summed E-state index contributed by atoms with van der Waals surface area (Å²) in [6.07, 6.45) is 0. The topological polar surface area (TPSA) is 17.0 Å². The first-order valence-electron chi connectivity index (χ1n) is 14.4.